The minimum Gasteiger partial charge on any atom is -0.484 e. The van der Waals surface area contributed by atoms with E-state index in [0.717, 1.165) is 34.0 Å². The van der Waals surface area contributed by atoms with E-state index in [1.54, 1.807) is 96.7 Å². The minimum atomic E-state index is -1.45. The zero-order chi connectivity index (χ0) is 70.3. The van der Waals surface area contributed by atoms with E-state index in [0.29, 0.717) is 95.8 Å². The number of pyridine rings is 1. The maximum atomic E-state index is 15.5. The molecule has 28 nitrogen and oxygen atoms in total. The van der Waals surface area contributed by atoms with Crippen molar-refractivity contribution in [2.45, 2.75) is 94.8 Å². The van der Waals surface area contributed by atoms with Crippen molar-refractivity contribution >= 4 is 115 Å². The molecule has 9 aromatic rings. The maximum absolute atomic E-state index is 15.5. The topological polar surface area (TPSA) is 416 Å². The van der Waals surface area contributed by atoms with Crippen molar-refractivity contribution in [1.82, 2.24) is 66.4 Å². The van der Waals surface area contributed by atoms with Crippen LogP contribution in [0.1, 0.15) is 136 Å². The first-order chi connectivity index (χ1) is 48.2. The van der Waals surface area contributed by atoms with Crippen LogP contribution >= 0.6 is 68.0 Å². The van der Waals surface area contributed by atoms with Gasteiger partial charge in [-0.05, 0) is 68.0 Å². The SMILES string of the molecule is Cc1sc2nc1C(=O)NC([C@H](O)c1ccccc1)c1nc(cs1)C(=O)N[C@@H](Cc1ccc(OCC(=O)NCCOCCO)cc1)C(=O)N1C[C@H](O)[C@H](C)[C@H]1c1nc(cs1)-c1nc(cs1)-c1nc(-c3nc(C(=O)N[C@H]4CC[C@H](C(=O)O)CC4)cs3)ccc1-c1nc(cs1)C(=O)N[C@H]2CC(N)=O. The number of nitrogens with one attached hydrogen (secondary N) is 5. The van der Waals surface area contributed by atoms with Gasteiger partial charge in [-0.1, -0.05) is 49.4 Å². The molecule has 1 saturated heterocycles. The Labute approximate surface area is 594 Å². The highest BCUT2D eigenvalue weighted by Gasteiger charge is 2.46. The Bertz CT molecular complexity index is 4490. The van der Waals surface area contributed by atoms with Crippen molar-refractivity contribution in [2.24, 2.45) is 17.6 Å². The number of nitrogens with zero attached hydrogens (tertiary/aromatic N) is 8. The fourth-order valence-electron chi connectivity index (χ4n) is 11.8. The molecule has 2 aliphatic heterocycles. The molecule has 7 amide bonds. The van der Waals surface area contributed by atoms with Crippen molar-refractivity contribution in [1.29, 1.82) is 0 Å². The number of benzene rings is 2. The summed E-state index contributed by atoms with van der Waals surface area (Å²) in [7, 11) is 0. The van der Waals surface area contributed by atoms with Crippen LogP contribution in [0, 0.1) is 18.8 Å². The molecule has 34 heteroatoms. The predicted molar refractivity (Wildman–Crippen MR) is 372 cm³/mol. The Hall–Kier alpha value is -9.23. The molecule has 100 heavy (non-hydrogen) atoms. The molecule has 520 valence electrons. The maximum Gasteiger partial charge on any atom is 0.306 e. The zero-order valence-corrected chi connectivity index (χ0v) is 58.3. The quantitative estimate of drug-likeness (QED) is 0.0412. The number of aliphatic hydroxyl groups excluding tert-OH is 3. The molecule has 10 bridgehead atoms. The molecular formula is C66H66N14O14S6. The molecule has 1 aliphatic carbocycles. The fourth-order valence-corrected chi connectivity index (χ4v) is 17.1. The molecule has 0 radical (unpaired) electrons. The van der Waals surface area contributed by atoms with Crippen molar-refractivity contribution in [3.05, 3.63) is 147 Å². The van der Waals surface area contributed by atoms with E-state index < -0.39 is 102 Å². The van der Waals surface area contributed by atoms with Crippen LogP contribution < -0.4 is 37.1 Å². The number of thiazole rings is 6. The van der Waals surface area contributed by atoms with E-state index in [1.807, 2.05) is 0 Å². The lowest BCUT2D eigenvalue weighted by atomic mass is 9.86. The summed E-state index contributed by atoms with van der Waals surface area (Å²) >= 11 is 6.82. The standard InChI is InChI=1S/C66H66N14O14S6/c1-31-47(82)24-80-53(31)64-77-46(30-99-64)61-73-42(26-96-61)51-38(16-17-39(70-51)60-75-43(28-97-60)55(86)69-36-12-10-35(11-13-36)66(91)92)59-74-44(27-95-59)56(87)71-40(23-48(67)83)62-79-50(32(2)100-62)58(89)78-52(54(85)34-6-4-3-5-7-34)63-76-45(29-98-63)57(88)72-41(65(80)90)22-33-8-14-37(15-9-33)94-25-49(84)68-18-20-93-21-19-81/h3-9,14-17,26-31,35-36,40-41,47,52-54,81-82,85H,10-13,18-25H2,1-2H3,(H2,67,83)(H,68,84)(H,69,86)(H,71,87)(H,72,88)(H,78,89)(H,91,92)/t31-,35-,36-,40-,41-,47-,52?,53-,54+/m0/s1. The monoisotopic (exact) mass is 1470 g/mol. The van der Waals surface area contributed by atoms with Gasteiger partial charge in [-0.3, -0.25) is 38.4 Å². The lowest BCUT2D eigenvalue weighted by Gasteiger charge is -2.29. The van der Waals surface area contributed by atoms with Gasteiger partial charge in [0.2, 0.25) is 11.8 Å². The lowest BCUT2D eigenvalue weighted by Crippen LogP contribution is -2.50. The van der Waals surface area contributed by atoms with Gasteiger partial charge in [0.1, 0.15) is 93.8 Å². The number of carbonyl (C=O) groups is 8. The third kappa shape index (κ3) is 16.3. The number of fused-ring (bicyclic) bond motifs is 16. The number of aromatic nitrogens is 7. The van der Waals surface area contributed by atoms with E-state index in [2.05, 4.69) is 41.5 Å². The number of hydrogen-bond acceptors (Lipinski definition) is 26. The zero-order valence-electron chi connectivity index (χ0n) is 53.4. The molecule has 3 aliphatic rings. The fraction of sp³-hybridized carbons (Fsp3) is 0.348. The van der Waals surface area contributed by atoms with Gasteiger partial charge in [-0.15, -0.1) is 68.0 Å². The number of nitrogens with two attached hydrogens (primary N) is 1. The van der Waals surface area contributed by atoms with Gasteiger partial charge < -0.3 is 67.1 Å². The van der Waals surface area contributed by atoms with Gasteiger partial charge in [-0.25, -0.2) is 34.9 Å². The van der Waals surface area contributed by atoms with Crippen molar-refractivity contribution in [3.8, 4) is 49.1 Å². The van der Waals surface area contributed by atoms with Crippen LogP contribution in [-0.4, -0.2) is 165 Å². The number of aliphatic carboxylic acids is 1. The van der Waals surface area contributed by atoms with Crippen molar-refractivity contribution in [3.63, 3.8) is 0 Å². The molecule has 0 spiro atoms. The van der Waals surface area contributed by atoms with E-state index in [9.17, 15) is 48.9 Å². The number of carbonyl (C=O) groups excluding carboxylic acids is 7. The first-order valence-electron chi connectivity index (χ1n) is 31.7. The lowest BCUT2D eigenvalue weighted by molar-refractivity contribution is -0.143. The van der Waals surface area contributed by atoms with E-state index >= 15 is 4.79 Å². The highest BCUT2D eigenvalue weighted by Crippen LogP contribution is 2.43. The van der Waals surface area contributed by atoms with Crippen LogP contribution in [-0.2, 0) is 30.3 Å². The summed E-state index contributed by atoms with van der Waals surface area (Å²) in [5, 5.41) is 66.6. The second-order valence-corrected chi connectivity index (χ2v) is 29.5. The first kappa shape index (κ1) is 70.6. The number of amides is 7. The van der Waals surface area contributed by atoms with Gasteiger partial charge in [0.25, 0.3) is 29.5 Å². The van der Waals surface area contributed by atoms with Crippen LogP contribution in [0.3, 0.4) is 0 Å². The van der Waals surface area contributed by atoms with Crippen LogP contribution in [0.15, 0.2) is 93.6 Å². The number of primary amides is 1. The summed E-state index contributed by atoms with van der Waals surface area (Å²) < 4.78 is 10.9. The second kappa shape index (κ2) is 31.5. The van der Waals surface area contributed by atoms with E-state index in [4.69, 9.17) is 40.2 Å². The van der Waals surface area contributed by atoms with Crippen LogP contribution in [0.4, 0.5) is 0 Å². The van der Waals surface area contributed by atoms with Gasteiger partial charge in [-0.2, -0.15) is 0 Å². The molecule has 2 fully saturated rings. The number of aliphatic hydroxyl groups is 3. The summed E-state index contributed by atoms with van der Waals surface area (Å²) in [6, 6.07) is 13.7. The van der Waals surface area contributed by atoms with Gasteiger partial charge >= 0.3 is 5.97 Å². The largest absolute Gasteiger partial charge is 0.484 e. The highest BCUT2D eigenvalue weighted by molar-refractivity contribution is 7.15. The summed E-state index contributed by atoms with van der Waals surface area (Å²) in [6.07, 6.45) is -1.07. The number of carboxylic acids is 1. The Morgan fingerprint density at radius 2 is 1.37 bits per heavy atom. The average Bonchev–Trinajstić information content (AvgIpc) is 1.61. The number of hydrogen-bond donors (Lipinski definition) is 10. The van der Waals surface area contributed by atoms with Crippen LogP contribution in [0.2, 0.25) is 0 Å². The smallest absolute Gasteiger partial charge is 0.306 e. The molecule has 7 atom stereocenters. The van der Waals surface area contributed by atoms with Gasteiger partial charge in [0.15, 0.2) is 6.61 Å². The normalized spacial score (nSPS) is 20.7. The van der Waals surface area contributed by atoms with E-state index in [-0.39, 0.29) is 84.8 Å². The molecule has 12 rings (SSSR count). The number of carboxylic acid groups (broad SMARTS) is 1. The van der Waals surface area contributed by atoms with Crippen LogP contribution in [0.25, 0.3) is 43.4 Å². The molecule has 2 aromatic carbocycles. The third-order valence-corrected chi connectivity index (χ3v) is 22.6. The molecule has 7 aromatic heterocycles. The van der Waals surface area contributed by atoms with E-state index in [1.165, 1.54) is 49.7 Å². The Kier molecular flexibility index (Phi) is 22.3. The highest BCUT2D eigenvalue weighted by atomic mass is 32.1. The molecule has 1 unspecified atom stereocenters. The molecule has 9 heterocycles. The first-order valence-corrected chi connectivity index (χ1v) is 36.9. The predicted octanol–water partition coefficient (Wildman–Crippen LogP) is 6.46. The molecular weight excluding hydrogens is 1410 g/mol. The molecule has 11 N–H and O–H groups in total. The Morgan fingerprint density at radius 1 is 0.700 bits per heavy atom. The third-order valence-electron chi connectivity index (χ3n) is 17.0. The van der Waals surface area contributed by atoms with Crippen molar-refractivity contribution < 1.29 is 68.3 Å². The minimum absolute atomic E-state index is 0.0431. The Balaban J connectivity index is 0.905. The number of rotatable bonds is 18. The Morgan fingerprint density at radius 3 is 2.12 bits per heavy atom. The summed E-state index contributed by atoms with van der Waals surface area (Å²) in [5.41, 5.74) is 8.55. The second-order valence-electron chi connectivity index (χ2n) is 23.9. The van der Waals surface area contributed by atoms with Crippen LogP contribution in [0.5, 0.6) is 5.75 Å². The van der Waals surface area contributed by atoms with Gasteiger partial charge in [0, 0.05) is 68.8 Å². The molecule has 1 saturated carbocycles. The van der Waals surface area contributed by atoms with Crippen molar-refractivity contribution in [2.75, 3.05) is 39.5 Å². The summed E-state index contributed by atoms with van der Waals surface area (Å²) in [5.74, 6) is -5.97. The number of ether oxygens (including phenoxy) is 2. The summed E-state index contributed by atoms with van der Waals surface area (Å²) in [6.45, 7) is 3.37. The summed E-state index contributed by atoms with van der Waals surface area (Å²) in [4.78, 5) is 146. The van der Waals surface area contributed by atoms with Gasteiger partial charge in [0.05, 0.1) is 56.0 Å². The average molecular weight is 1470 g/mol. The number of aryl methyl sites for hydroxylation is 1.